The fourth-order valence-corrected chi connectivity index (χ4v) is 1.67. The number of benzene rings is 1. The molecule has 106 valence electrons. The molecule has 0 aliphatic carbocycles. The van der Waals surface area contributed by atoms with Crippen LogP contribution in [0.5, 0.6) is 5.75 Å². The van der Waals surface area contributed by atoms with E-state index in [1.165, 1.54) is 5.01 Å². The number of ether oxygens (including phenoxy) is 2. The van der Waals surface area contributed by atoms with Crippen LogP contribution in [0.3, 0.4) is 0 Å². The van der Waals surface area contributed by atoms with Crippen molar-refractivity contribution in [2.45, 2.75) is 19.8 Å². The van der Waals surface area contributed by atoms with Gasteiger partial charge in [-0.15, -0.1) is 0 Å². The van der Waals surface area contributed by atoms with Crippen LogP contribution < -0.4 is 21.3 Å². The van der Waals surface area contributed by atoms with Crippen molar-refractivity contribution in [1.82, 2.24) is 0 Å². The molecule has 4 N–H and O–H groups in total. The molecule has 0 atom stereocenters. The number of anilines is 2. The van der Waals surface area contributed by atoms with Gasteiger partial charge in [-0.05, 0) is 25.5 Å². The number of hydrazine groups is 1. The van der Waals surface area contributed by atoms with E-state index in [4.69, 9.17) is 21.1 Å². The minimum atomic E-state index is -0.210. The molecular formula is C13H21N3O3. The second-order valence-corrected chi connectivity index (χ2v) is 4.03. The first-order valence-electron chi connectivity index (χ1n) is 6.19. The Labute approximate surface area is 113 Å². The smallest absolute Gasteiger partial charge is 0.305 e. The fraction of sp³-hybridized carbons (Fsp3) is 0.462. The summed E-state index contributed by atoms with van der Waals surface area (Å²) in [5, 5.41) is 1.52. The lowest BCUT2D eigenvalue weighted by atomic mass is 10.2. The molecule has 0 saturated heterocycles. The highest BCUT2D eigenvalue weighted by molar-refractivity contribution is 5.70. The number of carbonyl (C=O) groups excluding carboxylic acids is 1. The molecule has 0 heterocycles. The van der Waals surface area contributed by atoms with Gasteiger partial charge in [0.15, 0.2) is 0 Å². The Kier molecular flexibility index (Phi) is 5.95. The van der Waals surface area contributed by atoms with Gasteiger partial charge in [0, 0.05) is 19.0 Å². The van der Waals surface area contributed by atoms with E-state index in [1.807, 2.05) is 0 Å². The maximum absolute atomic E-state index is 11.2. The summed E-state index contributed by atoms with van der Waals surface area (Å²) in [5.41, 5.74) is 7.14. The van der Waals surface area contributed by atoms with E-state index >= 15 is 0 Å². The Balaban J connectivity index is 2.49. The monoisotopic (exact) mass is 267 g/mol. The molecule has 0 spiro atoms. The number of esters is 1. The van der Waals surface area contributed by atoms with Gasteiger partial charge >= 0.3 is 5.97 Å². The summed E-state index contributed by atoms with van der Waals surface area (Å²) >= 11 is 0. The Hall–Kier alpha value is -1.95. The van der Waals surface area contributed by atoms with Gasteiger partial charge in [0.2, 0.25) is 0 Å². The minimum absolute atomic E-state index is 0.210. The van der Waals surface area contributed by atoms with Crippen LogP contribution >= 0.6 is 0 Å². The quantitative estimate of drug-likeness (QED) is 0.335. The third-order valence-corrected chi connectivity index (χ3v) is 2.63. The molecule has 0 aromatic heterocycles. The fourth-order valence-electron chi connectivity index (χ4n) is 1.67. The first-order valence-corrected chi connectivity index (χ1v) is 6.19. The largest absolute Gasteiger partial charge is 0.497 e. The van der Waals surface area contributed by atoms with Crippen LogP contribution in [-0.4, -0.2) is 26.2 Å². The number of nitrogens with zero attached hydrogens (tertiary/aromatic N) is 1. The standard InChI is InChI=1S/C13H21N3O3/c1-3-19-13(17)5-4-8-16(15)12-7-6-10(18-2)9-11(12)14/h6-7,9H,3-5,8,14-15H2,1-2H3. The van der Waals surface area contributed by atoms with Crippen LogP contribution in [0, 0.1) is 0 Å². The summed E-state index contributed by atoms with van der Waals surface area (Å²) in [6.07, 6.45) is 0.957. The van der Waals surface area contributed by atoms with Crippen molar-refractivity contribution in [3.05, 3.63) is 18.2 Å². The summed E-state index contributed by atoms with van der Waals surface area (Å²) in [5.74, 6) is 6.38. The Morgan fingerprint density at radius 1 is 1.42 bits per heavy atom. The molecule has 1 aromatic carbocycles. The summed E-state index contributed by atoms with van der Waals surface area (Å²) in [7, 11) is 1.58. The molecule has 0 unspecified atom stereocenters. The first-order chi connectivity index (χ1) is 9.08. The van der Waals surface area contributed by atoms with Crippen molar-refractivity contribution in [2.24, 2.45) is 5.84 Å². The SMILES string of the molecule is CCOC(=O)CCCN(N)c1ccc(OC)cc1N. The average molecular weight is 267 g/mol. The third-order valence-electron chi connectivity index (χ3n) is 2.63. The van der Waals surface area contributed by atoms with Gasteiger partial charge in [0.05, 0.1) is 25.1 Å². The van der Waals surface area contributed by atoms with Crippen molar-refractivity contribution in [2.75, 3.05) is 31.0 Å². The summed E-state index contributed by atoms with van der Waals surface area (Å²) in [4.78, 5) is 11.2. The van der Waals surface area contributed by atoms with E-state index in [0.717, 1.165) is 0 Å². The summed E-state index contributed by atoms with van der Waals surface area (Å²) in [6.45, 7) is 2.71. The average Bonchev–Trinajstić information content (AvgIpc) is 2.38. The molecule has 0 radical (unpaired) electrons. The van der Waals surface area contributed by atoms with E-state index in [-0.39, 0.29) is 5.97 Å². The van der Waals surface area contributed by atoms with Crippen LogP contribution in [0.1, 0.15) is 19.8 Å². The molecule has 0 saturated carbocycles. The van der Waals surface area contributed by atoms with Crippen LogP contribution in [0.4, 0.5) is 11.4 Å². The molecule has 0 fully saturated rings. The topological polar surface area (TPSA) is 90.8 Å². The van der Waals surface area contributed by atoms with Crippen molar-refractivity contribution < 1.29 is 14.3 Å². The van der Waals surface area contributed by atoms with Crippen LogP contribution in [-0.2, 0) is 9.53 Å². The van der Waals surface area contributed by atoms with Crippen LogP contribution in [0.2, 0.25) is 0 Å². The number of rotatable bonds is 7. The zero-order chi connectivity index (χ0) is 14.3. The first kappa shape index (κ1) is 15.1. The lowest BCUT2D eigenvalue weighted by molar-refractivity contribution is -0.143. The van der Waals surface area contributed by atoms with Crippen LogP contribution in [0.25, 0.3) is 0 Å². The van der Waals surface area contributed by atoms with Gasteiger partial charge < -0.3 is 20.2 Å². The molecule has 0 bridgehead atoms. The Bertz CT molecular complexity index is 424. The van der Waals surface area contributed by atoms with Crippen molar-refractivity contribution in [1.29, 1.82) is 0 Å². The summed E-state index contributed by atoms with van der Waals surface area (Å²) < 4.78 is 9.91. The molecule has 1 rings (SSSR count). The number of nitrogens with two attached hydrogens (primary N) is 2. The second-order valence-electron chi connectivity index (χ2n) is 4.03. The van der Waals surface area contributed by atoms with Gasteiger partial charge in [-0.25, -0.2) is 5.84 Å². The normalized spacial score (nSPS) is 10.1. The van der Waals surface area contributed by atoms with Crippen LogP contribution in [0.15, 0.2) is 18.2 Å². The molecule has 6 nitrogen and oxygen atoms in total. The predicted octanol–water partition coefficient (Wildman–Crippen LogP) is 1.30. The van der Waals surface area contributed by atoms with Gasteiger partial charge in [0.25, 0.3) is 0 Å². The minimum Gasteiger partial charge on any atom is -0.497 e. The maximum atomic E-state index is 11.2. The molecular weight excluding hydrogens is 246 g/mol. The lowest BCUT2D eigenvalue weighted by Gasteiger charge is -2.20. The number of hydrogen-bond acceptors (Lipinski definition) is 6. The van der Waals surface area contributed by atoms with E-state index in [2.05, 4.69) is 0 Å². The highest BCUT2D eigenvalue weighted by Crippen LogP contribution is 2.26. The van der Waals surface area contributed by atoms with Crippen molar-refractivity contribution in [3.8, 4) is 5.75 Å². The molecule has 6 heteroatoms. The number of nitrogen functional groups attached to an aromatic ring is 1. The highest BCUT2D eigenvalue weighted by Gasteiger charge is 2.08. The highest BCUT2D eigenvalue weighted by atomic mass is 16.5. The van der Waals surface area contributed by atoms with E-state index < -0.39 is 0 Å². The Morgan fingerprint density at radius 3 is 2.74 bits per heavy atom. The molecule has 0 aliphatic rings. The van der Waals surface area contributed by atoms with E-state index in [9.17, 15) is 4.79 Å². The Morgan fingerprint density at radius 2 is 2.16 bits per heavy atom. The van der Waals surface area contributed by atoms with Gasteiger partial charge in [0.1, 0.15) is 5.75 Å². The van der Waals surface area contributed by atoms with Crippen molar-refractivity contribution >= 4 is 17.3 Å². The van der Waals surface area contributed by atoms with E-state index in [0.29, 0.717) is 43.1 Å². The summed E-state index contributed by atoms with van der Waals surface area (Å²) in [6, 6.07) is 5.29. The number of hydrogen-bond donors (Lipinski definition) is 2. The molecule has 0 aliphatic heterocycles. The molecule has 19 heavy (non-hydrogen) atoms. The lowest BCUT2D eigenvalue weighted by Crippen LogP contribution is -2.32. The third kappa shape index (κ3) is 4.67. The predicted molar refractivity (Wildman–Crippen MR) is 74.8 cm³/mol. The zero-order valence-electron chi connectivity index (χ0n) is 11.4. The van der Waals surface area contributed by atoms with Crippen molar-refractivity contribution in [3.63, 3.8) is 0 Å². The van der Waals surface area contributed by atoms with Gasteiger partial charge in [-0.1, -0.05) is 0 Å². The second kappa shape index (κ2) is 7.48. The van der Waals surface area contributed by atoms with E-state index in [1.54, 1.807) is 32.2 Å². The zero-order valence-corrected chi connectivity index (χ0v) is 11.4. The number of methoxy groups -OCH3 is 1. The molecule has 0 amide bonds. The molecule has 1 aromatic rings. The van der Waals surface area contributed by atoms with Gasteiger partial charge in [-0.2, -0.15) is 0 Å². The number of carbonyl (C=O) groups is 1. The maximum Gasteiger partial charge on any atom is 0.305 e. The van der Waals surface area contributed by atoms with Gasteiger partial charge in [-0.3, -0.25) is 4.79 Å².